The van der Waals surface area contributed by atoms with Gasteiger partial charge in [0.15, 0.2) is 11.5 Å². The highest BCUT2D eigenvalue weighted by atomic mass is 16.7. The van der Waals surface area contributed by atoms with E-state index in [1.807, 2.05) is 54.8 Å². The smallest absolute Gasteiger partial charge is 0.335 e. The number of amides is 4. The number of carbonyl (C=O) groups excluding carboxylic acids is 3. The highest BCUT2D eigenvalue weighted by Crippen LogP contribution is 2.36. The van der Waals surface area contributed by atoms with Gasteiger partial charge in [0.25, 0.3) is 11.8 Å². The molecule has 36 heavy (non-hydrogen) atoms. The van der Waals surface area contributed by atoms with Crippen LogP contribution in [-0.2, 0) is 9.59 Å². The molecular weight excluding hydrogens is 460 g/mol. The zero-order valence-corrected chi connectivity index (χ0v) is 19.4. The highest BCUT2D eigenvalue weighted by molar-refractivity contribution is 6.39. The first-order chi connectivity index (χ1) is 17.4. The van der Waals surface area contributed by atoms with Crippen LogP contribution in [-0.4, -0.2) is 34.2 Å². The molecule has 4 amide bonds. The number of urea groups is 1. The normalized spacial score (nSPS) is 16.2. The first-order valence-electron chi connectivity index (χ1n) is 11.3. The molecule has 0 bridgehead atoms. The van der Waals surface area contributed by atoms with E-state index in [0.29, 0.717) is 17.1 Å². The van der Waals surface area contributed by atoms with E-state index in [2.05, 4.69) is 10.3 Å². The number of nitrogens with zero attached hydrogens (tertiary/aromatic N) is 3. The number of aryl methyl sites for hydroxylation is 1. The van der Waals surface area contributed by atoms with Crippen LogP contribution in [0.15, 0.2) is 66.4 Å². The molecule has 2 aromatic carbocycles. The first kappa shape index (κ1) is 21.6. The van der Waals surface area contributed by atoms with Crippen molar-refractivity contribution in [1.29, 1.82) is 0 Å². The number of ether oxygens (including phenoxy) is 2. The van der Waals surface area contributed by atoms with Gasteiger partial charge in [-0.2, -0.15) is 0 Å². The Hall–Kier alpha value is -4.92. The number of benzene rings is 2. The van der Waals surface area contributed by atoms with Crippen LogP contribution >= 0.6 is 0 Å². The molecule has 178 valence electrons. The molecule has 0 unspecified atom stereocenters. The number of aromatic nitrogens is 2. The fraction of sp³-hybridized carbons (Fsp3) is 0.111. The minimum atomic E-state index is -0.823. The molecule has 0 saturated carbocycles. The summed E-state index contributed by atoms with van der Waals surface area (Å²) < 4.78 is 12.7. The average Bonchev–Trinajstić information content (AvgIpc) is 3.44. The fourth-order valence-corrected chi connectivity index (χ4v) is 4.60. The van der Waals surface area contributed by atoms with Gasteiger partial charge in [0.1, 0.15) is 5.57 Å². The summed E-state index contributed by atoms with van der Waals surface area (Å²) in [5.41, 5.74) is 4.42. The molecular formula is C27H20N4O5. The zero-order valence-electron chi connectivity index (χ0n) is 19.4. The van der Waals surface area contributed by atoms with Crippen LogP contribution in [0.25, 0.3) is 22.7 Å². The summed E-state index contributed by atoms with van der Waals surface area (Å²) in [5, 5.41) is 3.26. The maximum atomic E-state index is 13.4. The molecule has 1 saturated heterocycles. The summed E-state index contributed by atoms with van der Waals surface area (Å²) in [4.78, 5) is 43.9. The lowest BCUT2D eigenvalue weighted by Crippen LogP contribution is -2.54. The third-order valence-electron chi connectivity index (χ3n) is 6.33. The second-order valence-corrected chi connectivity index (χ2v) is 8.54. The van der Waals surface area contributed by atoms with Crippen molar-refractivity contribution in [2.24, 2.45) is 0 Å². The topological polar surface area (TPSA) is 103 Å². The Balaban J connectivity index is 1.39. The predicted molar refractivity (Wildman–Crippen MR) is 132 cm³/mol. The van der Waals surface area contributed by atoms with E-state index in [1.165, 1.54) is 12.1 Å². The molecule has 0 aliphatic carbocycles. The van der Waals surface area contributed by atoms with Crippen molar-refractivity contribution in [1.82, 2.24) is 14.9 Å². The lowest BCUT2D eigenvalue weighted by Gasteiger charge is -2.26. The predicted octanol–water partition coefficient (Wildman–Crippen LogP) is 4.04. The molecule has 4 heterocycles. The molecule has 2 aliphatic heterocycles. The van der Waals surface area contributed by atoms with Gasteiger partial charge in [-0.3, -0.25) is 19.9 Å². The summed E-state index contributed by atoms with van der Waals surface area (Å²) in [5.74, 6) is -0.523. The van der Waals surface area contributed by atoms with Gasteiger partial charge in [0.2, 0.25) is 6.79 Å². The summed E-state index contributed by atoms with van der Waals surface area (Å²) in [6.45, 7) is 3.93. The number of imide groups is 2. The second-order valence-electron chi connectivity index (χ2n) is 8.54. The minimum absolute atomic E-state index is 0.0614. The minimum Gasteiger partial charge on any atom is -0.454 e. The zero-order chi connectivity index (χ0) is 25.0. The Morgan fingerprint density at radius 1 is 0.944 bits per heavy atom. The van der Waals surface area contributed by atoms with Gasteiger partial charge >= 0.3 is 6.03 Å². The van der Waals surface area contributed by atoms with Crippen molar-refractivity contribution < 1.29 is 23.9 Å². The molecule has 2 aliphatic rings. The van der Waals surface area contributed by atoms with E-state index < -0.39 is 17.8 Å². The van der Waals surface area contributed by atoms with Crippen LogP contribution < -0.4 is 19.7 Å². The van der Waals surface area contributed by atoms with Crippen LogP contribution in [0.3, 0.4) is 0 Å². The quantitative estimate of drug-likeness (QED) is 0.351. The van der Waals surface area contributed by atoms with Crippen LogP contribution in [0.4, 0.5) is 10.5 Å². The molecule has 0 spiro atoms. The molecule has 9 nitrogen and oxygen atoms in total. The highest BCUT2D eigenvalue weighted by Gasteiger charge is 2.37. The van der Waals surface area contributed by atoms with Crippen molar-refractivity contribution in [3.63, 3.8) is 0 Å². The van der Waals surface area contributed by atoms with E-state index in [4.69, 9.17) is 9.47 Å². The fourth-order valence-electron chi connectivity index (χ4n) is 4.60. The van der Waals surface area contributed by atoms with Crippen LogP contribution in [0.5, 0.6) is 11.5 Å². The van der Waals surface area contributed by atoms with Gasteiger partial charge in [-0.15, -0.1) is 0 Å². The monoisotopic (exact) mass is 480 g/mol. The average molecular weight is 480 g/mol. The number of hydrogen-bond acceptors (Lipinski definition) is 6. The number of pyridine rings is 1. The van der Waals surface area contributed by atoms with Crippen LogP contribution in [0, 0.1) is 13.8 Å². The summed E-state index contributed by atoms with van der Waals surface area (Å²) in [6, 6.07) is 15.6. The third-order valence-corrected chi connectivity index (χ3v) is 6.33. The lowest BCUT2D eigenvalue weighted by atomic mass is 10.1. The van der Waals surface area contributed by atoms with E-state index in [0.717, 1.165) is 32.9 Å². The molecule has 9 heteroatoms. The SMILES string of the molecule is Cc1cc(C=C2C(=O)NC(=O)N(c3ccc4c(c3)OCO4)C2=O)c(C)n1-c1ccc2ncccc2c1. The van der Waals surface area contributed by atoms with Crippen molar-refractivity contribution in [2.45, 2.75) is 13.8 Å². The number of anilines is 1. The van der Waals surface area contributed by atoms with Crippen molar-refractivity contribution in [3.8, 4) is 17.2 Å². The molecule has 4 aromatic rings. The van der Waals surface area contributed by atoms with Gasteiger partial charge in [-0.05, 0) is 68.0 Å². The number of hydrogen-bond donors (Lipinski definition) is 1. The molecule has 2 aromatic heterocycles. The summed E-state index contributed by atoms with van der Waals surface area (Å²) >= 11 is 0. The second kappa shape index (κ2) is 8.09. The lowest BCUT2D eigenvalue weighted by molar-refractivity contribution is -0.122. The Bertz CT molecular complexity index is 1630. The van der Waals surface area contributed by atoms with Gasteiger partial charge < -0.3 is 14.0 Å². The van der Waals surface area contributed by atoms with Gasteiger partial charge in [-0.25, -0.2) is 9.69 Å². The number of fused-ring (bicyclic) bond motifs is 2. The van der Waals surface area contributed by atoms with E-state index in [-0.39, 0.29) is 18.1 Å². The molecule has 1 fully saturated rings. The Morgan fingerprint density at radius 3 is 2.61 bits per heavy atom. The largest absolute Gasteiger partial charge is 0.454 e. The van der Waals surface area contributed by atoms with E-state index in [9.17, 15) is 14.4 Å². The maximum Gasteiger partial charge on any atom is 0.335 e. The Morgan fingerprint density at radius 2 is 1.75 bits per heavy atom. The number of nitrogens with one attached hydrogen (secondary N) is 1. The number of carbonyl (C=O) groups is 3. The molecule has 1 N–H and O–H groups in total. The Labute approximate surface area is 205 Å². The van der Waals surface area contributed by atoms with Gasteiger partial charge in [0.05, 0.1) is 11.2 Å². The molecule has 0 atom stereocenters. The van der Waals surface area contributed by atoms with Gasteiger partial charge in [-0.1, -0.05) is 6.07 Å². The van der Waals surface area contributed by atoms with Crippen LogP contribution in [0.1, 0.15) is 17.0 Å². The standard InChI is InChI=1S/C27H20N4O5/c1-15-10-18(16(2)30(15)19-5-7-22-17(11-19)4-3-9-28-22)12-21-25(32)29-27(34)31(26(21)33)20-6-8-23-24(13-20)36-14-35-23/h3-13H,14H2,1-2H3,(H,29,32,34). The van der Waals surface area contributed by atoms with Crippen molar-refractivity contribution in [3.05, 3.63) is 83.3 Å². The Kier molecular flexibility index (Phi) is 4.85. The maximum absolute atomic E-state index is 13.4. The van der Waals surface area contributed by atoms with Gasteiger partial charge in [0, 0.05) is 34.7 Å². The summed E-state index contributed by atoms with van der Waals surface area (Å²) in [6.07, 6.45) is 3.27. The van der Waals surface area contributed by atoms with E-state index in [1.54, 1.807) is 18.3 Å². The third kappa shape index (κ3) is 3.40. The number of rotatable bonds is 3. The van der Waals surface area contributed by atoms with Crippen molar-refractivity contribution >= 4 is 40.5 Å². The van der Waals surface area contributed by atoms with Crippen molar-refractivity contribution in [2.75, 3.05) is 11.7 Å². The molecule has 0 radical (unpaired) electrons. The first-order valence-corrected chi connectivity index (χ1v) is 11.3. The summed E-state index contributed by atoms with van der Waals surface area (Å²) in [7, 11) is 0. The molecule has 6 rings (SSSR count). The van der Waals surface area contributed by atoms with E-state index >= 15 is 0 Å². The number of barbiturate groups is 1. The van der Waals surface area contributed by atoms with Crippen LogP contribution in [0.2, 0.25) is 0 Å².